The number of nitrogens with zero attached hydrogens (tertiary/aromatic N) is 1. The van der Waals surface area contributed by atoms with Crippen molar-refractivity contribution in [1.29, 1.82) is 0 Å². The number of carboxylic acid groups (broad SMARTS) is 1. The van der Waals surface area contributed by atoms with Gasteiger partial charge in [-0.05, 0) is 39.0 Å². The highest BCUT2D eigenvalue weighted by atomic mass is 16.5. The van der Waals surface area contributed by atoms with Gasteiger partial charge in [0, 0.05) is 24.7 Å². The van der Waals surface area contributed by atoms with Gasteiger partial charge in [0.05, 0.1) is 12.0 Å². The van der Waals surface area contributed by atoms with E-state index < -0.39 is 5.97 Å². The predicted molar refractivity (Wildman–Crippen MR) is 71.4 cm³/mol. The lowest BCUT2D eigenvalue weighted by atomic mass is 9.89. The van der Waals surface area contributed by atoms with Crippen LogP contribution in [0.3, 0.4) is 0 Å². The summed E-state index contributed by atoms with van der Waals surface area (Å²) in [7, 11) is 0. The lowest BCUT2D eigenvalue weighted by Gasteiger charge is -2.31. The van der Waals surface area contributed by atoms with E-state index in [4.69, 9.17) is 4.74 Å². The zero-order chi connectivity index (χ0) is 14.3. The van der Waals surface area contributed by atoms with E-state index in [0.717, 1.165) is 25.7 Å². The minimum atomic E-state index is -0.769. The number of ether oxygens (including phenoxy) is 1. The first-order valence-electron chi connectivity index (χ1n) is 7.49. The molecular formula is C14H22N2O4. The van der Waals surface area contributed by atoms with Crippen LogP contribution in [-0.4, -0.2) is 52.8 Å². The van der Waals surface area contributed by atoms with E-state index in [2.05, 4.69) is 5.32 Å². The van der Waals surface area contributed by atoms with Crippen molar-refractivity contribution in [2.24, 2.45) is 5.92 Å². The van der Waals surface area contributed by atoms with E-state index in [1.807, 2.05) is 6.92 Å². The van der Waals surface area contributed by atoms with Crippen LogP contribution in [0.25, 0.3) is 0 Å². The number of rotatable bonds is 2. The molecule has 0 aromatic carbocycles. The molecule has 2 amide bonds. The molecule has 3 saturated heterocycles. The Bertz CT molecular complexity index is 414. The number of carbonyl (C=O) groups excluding carboxylic acids is 1. The van der Waals surface area contributed by atoms with Gasteiger partial charge in [0.25, 0.3) is 0 Å². The number of urea groups is 1. The zero-order valence-electron chi connectivity index (χ0n) is 11.7. The average Bonchev–Trinajstić information content (AvgIpc) is 2.96. The van der Waals surface area contributed by atoms with Crippen LogP contribution in [0, 0.1) is 5.92 Å². The van der Waals surface area contributed by atoms with Gasteiger partial charge in [0.15, 0.2) is 0 Å². The highest BCUT2D eigenvalue weighted by Gasteiger charge is 2.51. The maximum Gasteiger partial charge on any atom is 0.318 e. The van der Waals surface area contributed by atoms with Crippen LogP contribution in [0.2, 0.25) is 0 Å². The van der Waals surface area contributed by atoms with Crippen LogP contribution >= 0.6 is 0 Å². The van der Waals surface area contributed by atoms with Crippen LogP contribution in [0.5, 0.6) is 0 Å². The number of hydrogen-bond donors (Lipinski definition) is 2. The Labute approximate surface area is 118 Å². The minimum Gasteiger partial charge on any atom is -0.481 e. The summed E-state index contributed by atoms with van der Waals surface area (Å²) in [6.07, 6.45) is 4.21. The van der Waals surface area contributed by atoms with Crippen LogP contribution in [0.15, 0.2) is 0 Å². The molecule has 6 nitrogen and oxygen atoms in total. The summed E-state index contributed by atoms with van der Waals surface area (Å²) in [5.41, 5.74) is 0. The van der Waals surface area contributed by atoms with Crippen molar-refractivity contribution >= 4 is 12.0 Å². The van der Waals surface area contributed by atoms with Gasteiger partial charge in [-0.1, -0.05) is 0 Å². The number of carboxylic acids is 1. The van der Waals surface area contributed by atoms with Gasteiger partial charge in [-0.2, -0.15) is 0 Å². The second kappa shape index (κ2) is 5.24. The fraction of sp³-hybridized carbons (Fsp3) is 0.857. The van der Waals surface area contributed by atoms with Crippen LogP contribution in [-0.2, 0) is 9.53 Å². The van der Waals surface area contributed by atoms with Gasteiger partial charge in [-0.15, -0.1) is 0 Å². The Morgan fingerprint density at radius 2 is 2.05 bits per heavy atom. The van der Waals surface area contributed by atoms with Crippen molar-refractivity contribution in [3.8, 4) is 0 Å². The van der Waals surface area contributed by atoms with E-state index in [1.165, 1.54) is 0 Å². The molecule has 3 aliphatic heterocycles. The molecule has 5 atom stereocenters. The molecule has 0 radical (unpaired) electrons. The topological polar surface area (TPSA) is 78.9 Å². The van der Waals surface area contributed by atoms with Crippen molar-refractivity contribution in [3.05, 3.63) is 0 Å². The number of nitrogens with one attached hydrogen (secondary N) is 1. The van der Waals surface area contributed by atoms with E-state index in [0.29, 0.717) is 13.0 Å². The van der Waals surface area contributed by atoms with Crippen molar-refractivity contribution in [1.82, 2.24) is 10.2 Å². The van der Waals surface area contributed by atoms with Crippen LogP contribution < -0.4 is 5.32 Å². The number of hydrogen-bond acceptors (Lipinski definition) is 3. The highest BCUT2D eigenvalue weighted by molar-refractivity contribution is 5.79. The highest BCUT2D eigenvalue weighted by Crippen LogP contribution is 2.41. The molecule has 0 spiro atoms. The zero-order valence-corrected chi connectivity index (χ0v) is 11.7. The van der Waals surface area contributed by atoms with Gasteiger partial charge in [0.2, 0.25) is 0 Å². The third kappa shape index (κ3) is 2.37. The van der Waals surface area contributed by atoms with Crippen molar-refractivity contribution in [2.45, 2.75) is 63.3 Å². The third-order valence-corrected chi connectivity index (χ3v) is 4.90. The molecule has 112 valence electrons. The second-order valence-electron chi connectivity index (χ2n) is 6.24. The molecule has 3 rings (SSSR count). The smallest absolute Gasteiger partial charge is 0.318 e. The normalized spacial score (nSPS) is 39.9. The molecule has 5 unspecified atom stereocenters. The lowest BCUT2D eigenvalue weighted by Crippen LogP contribution is -2.50. The number of fused-ring (bicyclic) bond motifs is 2. The summed E-state index contributed by atoms with van der Waals surface area (Å²) in [5.74, 6) is -1.15. The molecular weight excluding hydrogens is 260 g/mol. The van der Waals surface area contributed by atoms with Gasteiger partial charge >= 0.3 is 12.0 Å². The van der Waals surface area contributed by atoms with Gasteiger partial charge in [-0.25, -0.2) is 4.79 Å². The van der Waals surface area contributed by atoms with Crippen molar-refractivity contribution in [3.63, 3.8) is 0 Å². The molecule has 2 N–H and O–H groups in total. The predicted octanol–water partition coefficient (Wildman–Crippen LogP) is 1.20. The maximum absolute atomic E-state index is 12.4. The van der Waals surface area contributed by atoms with Crippen molar-refractivity contribution < 1.29 is 19.4 Å². The number of amides is 2. The minimum absolute atomic E-state index is 0.0830. The Morgan fingerprint density at radius 3 is 2.70 bits per heavy atom. The first-order chi connectivity index (χ1) is 9.56. The Kier molecular flexibility index (Phi) is 3.58. The molecule has 3 aliphatic rings. The molecule has 0 aromatic rings. The standard InChI is InChI=1S/C14H22N2O4/c1-8-6-9(4-5-20-8)15-14(19)16-10-2-3-12(16)11(7-10)13(17)18/h8-12H,2-7H2,1H3,(H,15,19)(H,17,18). The SMILES string of the molecule is CC1CC(NC(=O)N2C3CCC2C(C(=O)O)C3)CCO1. The van der Waals surface area contributed by atoms with E-state index in [9.17, 15) is 14.7 Å². The molecule has 0 aromatic heterocycles. The van der Waals surface area contributed by atoms with E-state index in [-0.39, 0.29) is 36.2 Å². The summed E-state index contributed by atoms with van der Waals surface area (Å²) >= 11 is 0. The molecule has 0 saturated carbocycles. The average molecular weight is 282 g/mol. The Balaban J connectivity index is 1.62. The summed E-state index contributed by atoms with van der Waals surface area (Å²) in [5, 5.41) is 12.3. The molecule has 0 aliphatic carbocycles. The summed E-state index contributed by atoms with van der Waals surface area (Å²) in [6.45, 7) is 2.69. The molecule has 20 heavy (non-hydrogen) atoms. The van der Waals surface area contributed by atoms with E-state index in [1.54, 1.807) is 4.90 Å². The molecule has 2 bridgehead atoms. The van der Waals surface area contributed by atoms with Gasteiger partial charge in [0.1, 0.15) is 0 Å². The molecule has 6 heteroatoms. The third-order valence-electron chi connectivity index (χ3n) is 4.90. The quantitative estimate of drug-likeness (QED) is 0.797. The van der Waals surface area contributed by atoms with Crippen LogP contribution in [0.1, 0.15) is 39.0 Å². The second-order valence-corrected chi connectivity index (χ2v) is 6.24. The number of aliphatic carboxylic acids is 1. The summed E-state index contributed by atoms with van der Waals surface area (Å²) < 4.78 is 5.48. The largest absolute Gasteiger partial charge is 0.481 e. The van der Waals surface area contributed by atoms with E-state index >= 15 is 0 Å². The Morgan fingerprint density at radius 1 is 1.25 bits per heavy atom. The van der Waals surface area contributed by atoms with Crippen LogP contribution in [0.4, 0.5) is 4.79 Å². The molecule has 3 heterocycles. The van der Waals surface area contributed by atoms with Gasteiger partial charge < -0.3 is 20.1 Å². The number of carbonyl (C=O) groups is 2. The molecule has 3 fully saturated rings. The first-order valence-corrected chi connectivity index (χ1v) is 7.49. The fourth-order valence-electron chi connectivity index (χ4n) is 3.95. The fourth-order valence-corrected chi connectivity index (χ4v) is 3.95. The Hall–Kier alpha value is -1.30. The summed E-state index contributed by atoms with van der Waals surface area (Å²) in [6, 6.07) is 0.0583. The maximum atomic E-state index is 12.4. The first kappa shape index (κ1) is 13.7. The van der Waals surface area contributed by atoms with Crippen molar-refractivity contribution in [2.75, 3.05) is 6.61 Å². The van der Waals surface area contributed by atoms with Gasteiger partial charge in [-0.3, -0.25) is 4.79 Å². The monoisotopic (exact) mass is 282 g/mol. The summed E-state index contributed by atoms with van der Waals surface area (Å²) in [4.78, 5) is 25.4. The lowest BCUT2D eigenvalue weighted by molar-refractivity contribution is -0.142.